The molecule has 0 atom stereocenters. The van der Waals surface area contributed by atoms with E-state index >= 15 is 0 Å². The Bertz CT molecular complexity index is 860. The maximum atomic E-state index is 11.7. The second-order valence-electron chi connectivity index (χ2n) is 4.92. The summed E-state index contributed by atoms with van der Waals surface area (Å²) < 4.78 is 35.2. The third-order valence-corrected chi connectivity index (χ3v) is 5.38. The van der Waals surface area contributed by atoms with Gasteiger partial charge in [-0.25, -0.2) is 10.8 Å². The maximum absolute atomic E-state index is 11.7. The summed E-state index contributed by atoms with van der Waals surface area (Å²) in [5.74, 6) is 5.99. The first-order valence-electron chi connectivity index (χ1n) is 6.15. The molecule has 0 aliphatic heterocycles. The van der Waals surface area contributed by atoms with Gasteiger partial charge >= 0.3 is 0 Å². The van der Waals surface area contributed by atoms with Crippen molar-refractivity contribution in [3.8, 4) is 11.3 Å². The molecule has 0 fully saturated rings. The van der Waals surface area contributed by atoms with Gasteiger partial charge in [0.05, 0.1) is 5.56 Å². The molecule has 6 nitrogen and oxygen atoms in total. The van der Waals surface area contributed by atoms with Gasteiger partial charge in [0.25, 0.3) is 15.8 Å². The van der Waals surface area contributed by atoms with Crippen molar-refractivity contribution in [2.75, 3.05) is 5.84 Å². The molecule has 1 aromatic carbocycles. The monoisotopic (exact) mass is 450 g/mol. The zero-order valence-corrected chi connectivity index (χ0v) is 16.0. The zero-order chi connectivity index (χ0) is 16.8. The standard InChI is InChI=1S/C13H13Br2N3O3S/c1-6-4-7(2)12(22(19,20)21)8(3)10(6)11-13(15)17-9(14)5-18(11)16/h4-5H,1-3H3,(H2-,16,17,19,20,21)/p+1. The molecule has 0 radical (unpaired) electrons. The second-order valence-corrected chi connectivity index (χ2v) is 7.85. The van der Waals surface area contributed by atoms with Crippen molar-refractivity contribution >= 4 is 42.0 Å². The smallest absolute Gasteiger partial charge is 0.282 e. The molecule has 0 unspecified atom stereocenters. The van der Waals surface area contributed by atoms with E-state index in [1.54, 1.807) is 26.1 Å². The molecule has 1 aromatic heterocycles. The molecule has 2 rings (SSSR count). The van der Waals surface area contributed by atoms with Crippen LogP contribution >= 0.6 is 31.9 Å². The number of benzene rings is 1. The average Bonchev–Trinajstić information content (AvgIpc) is 2.29. The summed E-state index contributed by atoms with van der Waals surface area (Å²) in [5, 5.41) is 0. The SMILES string of the molecule is Cc1cc(C)c(S(=O)(=O)O)c(C)c1-c1c(Br)nc(Br)c[n+]1N. The molecule has 3 N–H and O–H groups in total. The normalized spacial score (nSPS) is 11.7. The van der Waals surface area contributed by atoms with Gasteiger partial charge in [-0.1, -0.05) is 10.7 Å². The Morgan fingerprint density at radius 2 is 1.82 bits per heavy atom. The number of hydrogen-bond donors (Lipinski definition) is 2. The Balaban J connectivity index is 2.95. The fourth-order valence-electron chi connectivity index (χ4n) is 2.62. The van der Waals surface area contributed by atoms with Crippen LogP contribution in [-0.4, -0.2) is 18.0 Å². The molecule has 0 spiro atoms. The van der Waals surface area contributed by atoms with Gasteiger partial charge in [0.1, 0.15) is 4.90 Å². The molecule has 9 heteroatoms. The molecule has 0 aliphatic rings. The fraction of sp³-hybridized carbons (Fsp3) is 0.231. The maximum Gasteiger partial charge on any atom is 0.295 e. The van der Waals surface area contributed by atoms with Crippen molar-refractivity contribution < 1.29 is 17.6 Å². The van der Waals surface area contributed by atoms with Crippen LogP contribution in [0.25, 0.3) is 11.3 Å². The highest BCUT2D eigenvalue weighted by molar-refractivity contribution is 9.11. The number of rotatable bonds is 2. The predicted octanol–water partition coefficient (Wildman–Crippen LogP) is 2.45. The van der Waals surface area contributed by atoms with Crippen LogP contribution in [-0.2, 0) is 10.1 Å². The first kappa shape index (κ1) is 17.3. The van der Waals surface area contributed by atoms with Gasteiger partial charge in [-0.05, 0) is 69.3 Å². The number of nitrogens with zero attached hydrogens (tertiary/aromatic N) is 2. The summed E-state index contributed by atoms with van der Waals surface area (Å²) in [4.78, 5) is 4.12. The molecule has 0 bridgehead atoms. The number of nitrogen functional groups attached to an aromatic ring is 1. The third-order valence-electron chi connectivity index (χ3n) is 3.30. The fourth-order valence-corrected chi connectivity index (χ4v) is 4.81. The summed E-state index contributed by atoms with van der Waals surface area (Å²) in [6.07, 6.45) is 1.56. The zero-order valence-electron chi connectivity index (χ0n) is 12.1. The van der Waals surface area contributed by atoms with E-state index in [1.807, 2.05) is 6.92 Å². The van der Waals surface area contributed by atoms with Crippen LogP contribution in [0.15, 0.2) is 26.4 Å². The van der Waals surface area contributed by atoms with Gasteiger partial charge in [0.2, 0.25) is 6.20 Å². The minimum Gasteiger partial charge on any atom is -0.282 e. The van der Waals surface area contributed by atoms with E-state index in [2.05, 4.69) is 36.8 Å². The summed E-state index contributed by atoms with van der Waals surface area (Å²) >= 11 is 6.58. The summed E-state index contributed by atoms with van der Waals surface area (Å²) in [6, 6.07) is 1.69. The Kier molecular flexibility index (Phi) is 4.63. The minimum absolute atomic E-state index is 0.108. The van der Waals surface area contributed by atoms with Crippen molar-refractivity contribution in [3.63, 3.8) is 0 Å². The minimum atomic E-state index is -4.34. The Hall–Kier alpha value is -1.03. The van der Waals surface area contributed by atoms with Crippen molar-refractivity contribution in [2.45, 2.75) is 25.7 Å². The van der Waals surface area contributed by atoms with E-state index < -0.39 is 10.1 Å². The lowest BCUT2D eigenvalue weighted by atomic mass is 9.97. The number of aromatic nitrogens is 2. The molecule has 22 heavy (non-hydrogen) atoms. The molecule has 1 heterocycles. The molecule has 0 amide bonds. The van der Waals surface area contributed by atoms with Gasteiger partial charge in [0, 0.05) is 0 Å². The molecule has 0 saturated carbocycles. The highest BCUT2D eigenvalue weighted by Crippen LogP contribution is 2.35. The largest absolute Gasteiger partial charge is 0.295 e. The van der Waals surface area contributed by atoms with Gasteiger partial charge in [-0.3, -0.25) is 4.55 Å². The molecular formula is C13H14Br2N3O3S+. The molecular weight excluding hydrogens is 438 g/mol. The second kappa shape index (κ2) is 5.88. The number of nitrogens with two attached hydrogens (primary N) is 1. The lowest BCUT2D eigenvalue weighted by molar-refractivity contribution is -0.629. The van der Waals surface area contributed by atoms with Gasteiger partial charge < -0.3 is 0 Å². The van der Waals surface area contributed by atoms with E-state index in [1.165, 1.54) is 4.68 Å². The number of aryl methyl sites for hydroxylation is 2. The van der Waals surface area contributed by atoms with Crippen molar-refractivity contribution in [1.82, 2.24) is 4.98 Å². The topological polar surface area (TPSA) is 97.2 Å². The van der Waals surface area contributed by atoms with Crippen LogP contribution < -0.4 is 10.5 Å². The van der Waals surface area contributed by atoms with Gasteiger partial charge in [0.15, 0.2) is 9.21 Å². The predicted molar refractivity (Wildman–Crippen MR) is 89.4 cm³/mol. The van der Waals surface area contributed by atoms with Crippen LogP contribution in [0.1, 0.15) is 16.7 Å². The van der Waals surface area contributed by atoms with E-state index in [0.717, 1.165) is 5.56 Å². The van der Waals surface area contributed by atoms with Crippen LogP contribution in [0.4, 0.5) is 0 Å². The first-order valence-corrected chi connectivity index (χ1v) is 9.18. The number of hydrogen-bond acceptors (Lipinski definition) is 4. The lowest BCUT2D eigenvalue weighted by Gasteiger charge is -2.14. The quantitative estimate of drug-likeness (QED) is 0.415. The van der Waals surface area contributed by atoms with E-state index in [9.17, 15) is 13.0 Å². The summed E-state index contributed by atoms with van der Waals surface area (Å²) in [6.45, 7) is 5.11. The van der Waals surface area contributed by atoms with Crippen molar-refractivity contribution in [3.05, 3.63) is 38.2 Å². The Morgan fingerprint density at radius 3 is 2.32 bits per heavy atom. The molecule has 2 aromatic rings. The van der Waals surface area contributed by atoms with Gasteiger partial charge in [-0.2, -0.15) is 8.42 Å². The van der Waals surface area contributed by atoms with Crippen LogP contribution in [0.5, 0.6) is 0 Å². The van der Waals surface area contributed by atoms with Gasteiger partial charge in [-0.15, -0.1) is 0 Å². The Morgan fingerprint density at radius 1 is 1.23 bits per heavy atom. The average molecular weight is 452 g/mol. The third kappa shape index (κ3) is 3.03. The van der Waals surface area contributed by atoms with E-state index in [-0.39, 0.29) is 4.90 Å². The van der Waals surface area contributed by atoms with Crippen molar-refractivity contribution in [2.24, 2.45) is 0 Å². The highest BCUT2D eigenvalue weighted by atomic mass is 79.9. The summed E-state index contributed by atoms with van der Waals surface area (Å²) in [7, 11) is -4.34. The van der Waals surface area contributed by atoms with Crippen LogP contribution in [0, 0.1) is 20.8 Å². The highest BCUT2D eigenvalue weighted by Gasteiger charge is 2.28. The van der Waals surface area contributed by atoms with Crippen molar-refractivity contribution in [1.29, 1.82) is 0 Å². The first-order chi connectivity index (χ1) is 10.0. The molecule has 118 valence electrons. The van der Waals surface area contributed by atoms with E-state index in [0.29, 0.717) is 31.6 Å². The number of halogens is 2. The Labute approximate surface area is 145 Å². The summed E-state index contributed by atoms with van der Waals surface area (Å²) in [5.41, 5.74) is 2.84. The lowest BCUT2D eigenvalue weighted by Crippen LogP contribution is -2.47. The molecule has 0 aliphatic carbocycles. The van der Waals surface area contributed by atoms with Crippen LogP contribution in [0.2, 0.25) is 0 Å². The van der Waals surface area contributed by atoms with Crippen LogP contribution in [0.3, 0.4) is 0 Å². The van der Waals surface area contributed by atoms with E-state index in [4.69, 9.17) is 5.84 Å². The molecule has 0 saturated heterocycles.